The van der Waals surface area contributed by atoms with Crippen molar-refractivity contribution in [1.29, 1.82) is 5.26 Å². The first-order valence-corrected chi connectivity index (χ1v) is 9.88. The molecule has 1 heterocycles. The lowest BCUT2D eigenvalue weighted by molar-refractivity contribution is -0.184. The van der Waals surface area contributed by atoms with Crippen LogP contribution in [0.4, 0.5) is 39.4 Å². The molecule has 3 N–H and O–H groups in total. The zero-order valence-corrected chi connectivity index (χ0v) is 17.3. The van der Waals surface area contributed by atoms with E-state index in [2.05, 4.69) is 15.3 Å². The number of anilines is 3. The van der Waals surface area contributed by atoms with Gasteiger partial charge in [-0.15, -0.1) is 0 Å². The van der Waals surface area contributed by atoms with Crippen molar-refractivity contribution < 1.29 is 26.7 Å². The number of nitrogens with two attached hydrogens (primary N) is 1. The van der Waals surface area contributed by atoms with E-state index >= 15 is 0 Å². The van der Waals surface area contributed by atoms with Crippen LogP contribution in [-0.2, 0) is 0 Å². The second kappa shape index (κ2) is 8.62. The van der Waals surface area contributed by atoms with Crippen LogP contribution in [-0.4, -0.2) is 27.9 Å². The average Bonchev–Trinajstić information content (AvgIpc) is 2.76. The molecule has 3 aromatic rings. The molecule has 1 atom stereocenters. The topological polar surface area (TPSA) is 96.9 Å². The van der Waals surface area contributed by atoms with Gasteiger partial charge in [0, 0.05) is 23.7 Å². The van der Waals surface area contributed by atoms with Gasteiger partial charge in [-0.05, 0) is 42.0 Å². The molecule has 0 radical (unpaired) electrons. The molecule has 2 aromatic carbocycles. The van der Waals surface area contributed by atoms with Crippen molar-refractivity contribution in [2.24, 2.45) is 0 Å². The Bertz CT molecular complexity index is 1290. The summed E-state index contributed by atoms with van der Waals surface area (Å²) in [5.74, 6) is -10.1. The first-order chi connectivity index (χ1) is 16.1. The summed E-state index contributed by atoms with van der Waals surface area (Å²) in [6.07, 6.45) is -3.79. The number of nitriles is 1. The van der Waals surface area contributed by atoms with Gasteiger partial charge >= 0.3 is 5.92 Å². The minimum Gasteiger partial charge on any atom is -0.461 e. The van der Waals surface area contributed by atoms with Crippen LogP contribution >= 0.6 is 0 Å². The Hall–Kier alpha value is -4.20. The van der Waals surface area contributed by atoms with Crippen LogP contribution in [0.3, 0.4) is 0 Å². The summed E-state index contributed by atoms with van der Waals surface area (Å²) in [6, 6.07) is 13.8. The van der Waals surface area contributed by atoms with Crippen LogP contribution in [0.5, 0.6) is 5.88 Å². The van der Waals surface area contributed by atoms with Gasteiger partial charge in [0.15, 0.2) is 0 Å². The highest BCUT2D eigenvalue weighted by Gasteiger charge is 2.59. The summed E-state index contributed by atoms with van der Waals surface area (Å²) in [6.45, 7) is 0. The average molecular weight is 473 g/mol. The number of allylic oxidation sites excluding steroid dienone is 1. The molecule has 0 saturated carbocycles. The molecule has 0 bridgehead atoms. The van der Waals surface area contributed by atoms with Gasteiger partial charge in [0.25, 0.3) is 5.92 Å². The molecule has 0 spiro atoms. The van der Waals surface area contributed by atoms with Crippen LogP contribution in [0.25, 0.3) is 5.57 Å². The lowest BCUT2D eigenvalue weighted by atomic mass is 9.86. The first kappa shape index (κ1) is 23.0. The normalized spacial score (nSPS) is 18.5. The van der Waals surface area contributed by atoms with Gasteiger partial charge in [0.1, 0.15) is 11.6 Å². The summed E-state index contributed by atoms with van der Waals surface area (Å²) in [5, 5.41) is 11.6. The van der Waals surface area contributed by atoms with Gasteiger partial charge in [-0.25, -0.2) is 13.2 Å². The summed E-state index contributed by atoms with van der Waals surface area (Å²) in [4.78, 5) is 7.73. The molecule has 0 amide bonds. The maximum atomic E-state index is 14.9. The molecule has 1 aliphatic rings. The summed E-state index contributed by atoms with van der Waals surface area (Å²) in [7, 11) is 0. The van der Waals surface area contributed by atoms with Crippen LogP contribution in [0.2, 0.25) is 0 Å². The molecule has 4 rings (SSSR count). The van der Waals surface area contributed by atoms with Crippen molar-refractivity contribution in [3.8, 4) is 11.9 Å². The van der Waals surface area contributed by atoms with Crippen molar-refractivity contribution in [3.63, 3.8) is 0 Å². The zero-order valence-electron chi connectivity index (χ0n) is 17.3. The number of rotatable bonds is 5. The Morgan fingerprint density at radius 1 is 1.06 bits per heavy atom. The van der Waals surface area contributed by atoms with Gasteiger partial charge in [0.05, 0.1) is 11.6 Å². The standard InChI is InChI=1S/C23H16F5N5O/c24-17-4-2-1-3-16(17)14-10-22(25,26)20(23(27,28)11-14)34-19-9-18(30)32-21(33-19)31-15-7-5-13(12-29)6-8-15/h1-10,20H,11H2,(H3,30,31,32,33). The molecule has 6 nitrogen and oxygen atoms in total. The number of hydrogen-bond acceptors (Lipinski definition) is 6. The second-order valence-electron chi connectivity index (χ2n) is 7.53. The number of alkyl halides is 4. The van der Waals surface area contributed by atoms with E-state index in [9.17, 15) is 22.0 Å². The second-order valence-corrected chi connectivity index (χ2v) is 7.53. The maximum absolute atomic E-state index is 14.9. The Kier molecular flexibility index (Phi) is 5.83. The van der Waals surface area contributed by atoms with E-state index in [0.29, 0.717) is 11.3 Å². The third-order valence-corrected chi connectivity index (χ3v) is 4.98. The number of ether oxygens (including phenoxy) is 1. The molecule has 11 heteroatoms. The fourth-order valence-electron chi connectivity index (χ4n) is 3.48. The van der Waals surface area contributed by atoms with E-state index in [1.165, 1.54) is 36.4 Å². The molecular formula is C23H16F5N5O. The first-order valence-electron chi connectivity index (χ1n) is 9.88. The predicted octanol–water partition coefficient (Wildman–Crippen LogP) is 5.32. The number of halogens is 5. The van der Waals surface area contributed by atoms with Crippen LogP contribution in [0.15, 0.2) is 60.7 Å². The minimum atomic E-state index is -4.15. The minimum absolute atomic E-state index is 0.190. The number of nitrogens with zero attached hydrogens (tertiary/aromatic N) is 3. The number of benzene rings is 2. The van der Waals surface area contributed by atoms with E-state index in [0.717, 1.165) is 18.2 Å². The Labute approximate surface area is 190 Å². The highest BCUT2D eigenvalue weighted by Crippen LogP contribution is 2.46. The van der Waals surface area contributed by atoms with Gasteiger partial charge < -0.3 is 15.8 Å². The monoisotopic (exact) mass is 473 g/mol. The summed E-state index contributed by atoms with van der Waals surface area (Å²) in [5.41, 5.74) is 5.64. The molecule has 174 valence electrons. The van der Waals surface area contributed by atoms with E-state index in [-0.39, 0.29) is 23.4 Å². The van der Waals surface area contributed by atoms with Crippen molar-refractivity contribution in [2.45, 2.75) is 24.4 Å². The zero-order chi connectivity index (χ0) is 24.5. The van der Waals surface area contributed by atoms with E-state index < -0.39 is 41.6 Å². The lowest BCUT2D eigenvalue weighted by Gasteiger charge is -2.36. The summed E-state index contributed by atoms with van der Waals surface area (Å²) < 4.78 is 78.3. The fourth-order valence-corrected chi connectivity index (χ4v) is 3.48. The number of hydrogen-bond donors (Lipinski definition) is 2. The number of aromatic nitrogens is 2. The fraction of sp³-hybridized carbons (Fsp3) is 0.174. The quantitative estimate of drug-likeness (QED) is 0.487. The van der Waals surface area contributed by atoms with E-state index in [1.807, 2.05) is 6.07 Å². The predicted molar refractivity (Wildman–Crippen MR) is 114 cm³/mol. The van der Waals surface area contributed by atoms with Gasteiger partial charge in [-0.1, -0.05) is 18.2 Å². The van der Waals surface area contributed by atoms with Crippen LogP contribution in [0.1, 0.15) is 17.5 Å². The highest BCUT2D eigenvalue weighted by atomic mass is 19.3. The molecular weight excluding hydrogens is 457 g/mol. The molecule has 0 saturated heterocycles. The van der Waals surface area contributed by atoms with Crippen molar-refractivity contribution in [1.82, 2.24) is 9.97 Å². The van der Waals surface area contributed by atoms with E-state index in [1.54, 1.807) is 0 Å². The number of nitrogens with one attached hydrogen (secondary N) is 1. The molecule has 0 aliphatic heterocycles. The number of nitrogen functional groups attached to an aromatic ring is 1. The van der Waals surface area contributed by atoms with Crippen molar-refractivity contribution in [3.05, 3.63) is 77.6 Å². The largest absolute Gasteiger partial charge is 0.461 e. The molecule has 1 aromatic heterocycles. The van der Waals surface area contributed by atoms with E-state index in [4.69, 9.17) is 15.7 Å². The molecule has 1 unspecified atom stereocenters. The third kappa shape index (κ3) is 4.76. The van der Waals surface area contributed by atoms with Gasteiger partial charge in [-0.3, -0.25) is 0 Å². The highest BCUT2D eigenvalue weighted by molar-refractivity contribution is 5.69. The smallest absolute Gasteiger partial charge is 0.309 e. The summed E-state index contributed by atoms with van der Waals surface area (Å²) >= 11 is 0. The SMILES string of the molecule is N#Cc1ccc(Nc2nc(N)cc(OC3C(F)(F)C=C(c4ccccc4F)CC3(F)F)n2)cc1. The lowest BCUT2D eigenvalue weighted by Crippen LogP contribution is -2.53. The van der Waals surface area contributed by atoms with Gasteiger partial charge in [-0.2, -0.15) is 24.0 Å². The molecule has 1 aliphatic carbocycles. The van der Waals surface area contributed by atoms with Crippen molar-refractivity contribution in [2.75, 3.05) is 11.1 Å². The Morgan fingerprint density at radius 2 is 1.76 bits per heavy atom. The van der Waals surface area contributed by atoms with Gasteiger partial charge in [0.2, 0.25) is 17.9 Å². The molecule has 34 heavy (non-hydrogen) atoms. The molecule has 0 fully saturated rings. The maximum Gasteiger partial charge on any atom is 0.309 e. The Morgan fingerprint density at radius 3 is 2.41 bits per heavy atom. The van der Waals surface area contributed by atoms with Crippen LogP contribution in [0, 0.1) is 17.1 Å². The van der Waals surface area contributed by atoms with Crippen molar-refractivity contribution >= 4 is 23.0 Å². The third-order valence-electron chi connectivity index (χ3n) is 4.98. The van der Waals surface area contributed by atoms with Crippen LogP contribution < -0.4 is 15.8 Å². The Balaban J connectivity index is 1.61.